The van der Waals surface area contributed by atoms with E-state index in [1.165, 1.54) is 0 Å². The van der Waals surface area contributed by atoms with E-state index in [4.69, 9.17) is 0 Å². The summed E-state index contributed by atoms with van der Waals surface area (Å²) in [6.45, 7) is 0. The molecule has 16 heavy (non-hydrogen) atoms. The van der Waals surface area contributed by atoms with E-state index in [1.807, 2.05) is 66.2 Å². The van der Waals surface area contributed by atoms with Crippen LogP contribution in [0.25, 0.3) is 11.1 Å². The Kier molecular flexibility index (Phi) is 3.39. The second-order valence-corrected chi connectivity index (χ2v) is 3.59. The molecule has 0 fully saturated rings. The Bertz CT molecular complexity index is 545. The van der Waals surface area contributed by atoms with Gasteiger partial charge in [-0.2, -0.15) is 0 Å². The summed E-state index contributed by atoms with van der Waals surface area (Å²) in [6, 6.07) is 15.7. The van der Waals surface area contributed by atoms with E-state index in [1.54, 1.807) is 6.08 Å². The van der Waals surface area contributed by atoms with Gasteiger partial charge in [0, 0.05) is 0 Å². The van der Waals surface area contributed by atoms with Crippen LogP contribution in [0.15, 0.2) is 53.5 Å². The average molecular weight is 201 g/mol. The SMILES string of the molecule is [Li][c]1ccc(-c2ccccc2)c(N=C=O)c1. The van der Waals surface area contributed by atoms with Crippen LogP contribution in [0.5, 0.6) is 0 Å². The third-order valence-electron chi connectivity index (χ3n) is 2.40. The zero-order valence-corrected chi connectivity index (χ0v) is 8.97. The molecule has 2 nitrogen and oxygen atoms in total. The topological polar surface area (TPSA) is 29.4 Å². The molecule has 2 aromatic carbocycles. The van der Waals surface area contributed by atoms with Gasteiger partial charge in [-0.3, -0.25) is 0 Å². The number of nitrogens with zero attached hydrogens (tertiary/aromatic N) is 1. The molecular formula is C13H8LiNO. The van der Waals surface area contributed by atoms with E-state index in [9.17, 15) is 4.79 Å². The first kappa shape index (κ1) is 10.9. The summed E-state index contributed by atoms with van der Waals surface area (Å²) in [6.07, 6.45) is 1.60. The minimum absolute atomic E-state index is 0.668. The minimum atomic E-state index is 0.668. The Labute approximate surface area is 103 Å². The summed E-state index contributed by atoms with van der Waals surface area (Å²) in [7, 11) is 0. The van der Waals surface area contributed by atoms with Crippen LogP contribution in [0.2, 0.25) is 0 Å². The summed E-state index contributed by atoms with van der Waals surface area (Å²) in [5.41, 5.74) is 2.67. The standard InChI is InChI=1S/C13H8NO.Li/c15-10-14-13-9-5-4-8-12(13)11-6-2-1-3-7-11;/h1-4,6-9H;. The van der Waals surface area contributed by atoms with Gasteiger partial charge in [0.25, 0.3) is 0 Å². The fraction of sp³-hybridized carbons (Fsp3) is 0. The van der Waals surface area contributed by atoms with E-state index in [-0.39, 0.29) is 0 Å². The summed E-state index contributed by atoms with van der Waals surface area (Å²) < 4.78 is 1.08. The van der Waals surface area contributed by atoms with Crippen molar-refractivity contribution in [3.05, 3.63) is 48.5 Å². The number of hydrogen-bond donors (Lipinski definition) is 0. The number of benzene rings is 2. The van der Waals surface area contributed by atoms with Gasteiger partial charge < -0.3 is 0 Å². The monoisotopic (exact) mass is 201 g/mol. The van der Waals surface area contributed by atoms with E-state index in [2.05, 4.69) is 4.99 Å². The van der Waals surface area contributed by atoms with E-state index in [0.717, 1.165) is 15.4 Å². The van der Waals surface area contributed by atoms with Gasteiger partial charge in [0.05, 0.1) is 0 Å². The van der Waals surface area contributed by atoms with Gasteiger partial charge in [-0.15, -0.1) is 0 Å². The molecule has 0 radical (unpaired) electrons. The van der Waals surface area contributed by atoms with E-state index < -0.39 is 0 Å². The van der Waals surface area contributed by atoms with Crippen molar-refractivity contribution in [2.24, 2.45) is 4.99 Å². The molecule has 72 valence electrons. The molecule has 0 amide bonds. The van der Waals surface area contributed by atoms with Crippen molar-refractivity contribution in [2.75, 3.05) is 0 Å². The summed E-state index contributed by atoms with van der Waals surface area (Å²) >= 11 is 1.97. The Hall–Kier alpha value is -1.58. The van der Waals surface area contributed by atoms with Gasteiger partial charge in [0.1, 0.15) is 0 Å². The fourth-order valence-corrected chi connectivity index (χ4v) is 1.65. The molecule has 0 spiro atoms. The van der Waals surface area contributed by atoms with Gasteiger partial charge in [-0.1, -0.05) is 0 Å². The second kappa shape index (κ2) is 4.96. The first-order chi connectivity index (χ1) is 7.81. The Balaban J connectivity index is 2.61. The zero-order chi connectivity index (χ0) is 11.4. The van der Waals surface area contributed by atoms with Gasteiger partial charge in [-0.25, -0.2) is 0 Å². The van der Waals surface area contributed by atoms with E-state index >= 15 is 0 Å². The quantitative estimate of drug-likeness (QED) is 0.415. The molecule has 0 atom stereocenters. The molecule has 3 heteroatoms. The van der Waals surface area contributed by atoms with Crippen LogP contribution in [0.1, 0.15) is 0 Å². The van der Waals surface area contributed by atoms with Crippen molar-refractivity contribution in [2.45, 2.75) is 0 Å². The third-order valence-corrected chi connectivity index (χ3v) is 2.40. The first-order valence-corrected chi connectivity index (χ1v) is 5.05. The maximum absolute atomic E-state index is 10.4. The molecule has 0 aliphatic rings. The number of isocyanates is 1. The average Bonchev–Trinajstić information content (AvgIpc) is 2.31. The Morgan fingerprint density at radius 3 is 2.50 bits per heavy atom. The van der Waals surface area contributed by atoms with Crippen LogP contribution in [-0.2, 0) is 4.79 Å². The van der Waals surface area contributed by atoms with E-state index in [0.29, 0.717) is 5.69 Å². The van der Waals surface area contributed by atoms with Gasteiger partial charge in [0.2, 0.25) is 0 Å². The number of carbonyl (C=O) groups excluding carboxylic acids is 1. The Morgan fingerprint density at radius 2 is 1.81 bits per heavy atom. The molecule has 0 aliphatic heterocycles. The summed E-state index contributed by atoms with van der Waals surface area (Å²) in [5.74, 6) is 0. The molecule has 0 aromatic heterocycles. The first-order valence-electron chi connectivity index (χ1n) is 5.05. The number of rotatable bonds is 2. The van der Waals surface area contributed by atoms with Crippen molar-refractivity contribution in [1.29, 1.82) is 0 Å². The van der Waals surface area contributed by atoms with Gasteiger partial charge >= 0.3 is 103 Å². The molecule has 0 aliphatic carbocycles. The van der Waals surface area contributed by atoms with Crippen molar-refractivity contribution in [3.8, 4) is 11.1 Å². The fourth-order valence-electron chi connectivity index (χ4n) is 1.65. The predicted octanol–water partition coefficient (Wildman–Crippen LogP) is 2.11. The molecule has 2 aromatic rings. The predicted molar refractivity (Wildman–Crippen MR) is 65.0 cm³/mol. The van der Waals surface area contributed by atoms with Gasteiger partial charge in [-0.05, 0) is 0 Å². The third kappa shape index (κ3) is 2.32. The zero-order valence-electron chi connectivity index (χ0n) is 8.97. The number of hydrogen-bond acceptors (Lipinski definition) is 2. The molecule has 0 unspecified atom stereocenters. The maximum atomic E-state index is 10.4. The molecular weight excluding hydrogens is 193 g/mol. The molecule has 2 rings (SSSR count). The Morgan fingerprint density at radius 1 is 1.06 bits per heavy atom. The van der Waals surface area contributed by atoms with Crippen LogP contribution in [0.4, 0.5) is 5.69 Å². The van der Waals surface area contributed by atoms with Gasteiger partial charge in [0.15, 0.2) is 0 Å². The molecule has 0 saturated heterocycles. The van der Waals surface area contributed by atoms with Crippen LogP contribution in [-0.4, -0.2) is 23.8 Å². The van der Waals surface area contributed by atoms with Crippen molar-refractivity contribution < 1.29 is 4.79 Å². The van der Waals surface area contributed by atoms with Crippen LogP contribution in [0, 0.1) is 0 Å². The molecule has 0 saturated carbocycles. The summed E-state index contributed by atoms with van der Waals surface area (Å²) in [4.78, 5) is 14.1. The van der Waals surface area contributed by atoms with Crippen molar-refractivity contribution in [1.82, 2.24) is 0 Å². The van der Waals surface area contributed by atoms with Crippen LogP contribution < -0.4 is 4.24 Å². The second-order valence-electron chi connectivity index (χ2n) is 3.59. The van der Waals surface area contributed by atoms with Crippen molar-refractivity contribution in [3.63, 3.8) is 0 Å². The van der Waals surface area contributed by atoms with Crippen molar-refractivity contribution >= 4 is 33.7 Å². The molecule has 0 bridgehead atoms. The molecule has 0 heterocycles. The summed E-state index contributed by atoms with van der Waals surface area (Å²) in [5, 5.41) is 0. The molecule has 0 N–H and O–H groups in total. The van der Waals surface area contributed by atoms with Crippen LogP contribution in [0.3, 0.4) is 0 Å². The van der Waals surface area contributed by atoms with Crippen LogP contribution >= 0.6 is 0 Å². The normalized spacial score (nSPS) is 9.62. The number of aliphatic imine (C=N–C) groups is 1.